The van der Waals surface area contributed by atoms with Crippen LogP contribution in [-0.2, 0) is 17.9 Å². The van der Waals surface area contributed by atoms with E-state index >= 15 is 0 Å². The summed E-state index contributed by atoms with van der Waals surface area (Å²) in [5.41, 5.74) is 2.20. The Morgan fingerprint density at radius 3 is 2.82 bits per heavy atom. The van der Waals surface area contributed by atoms with Crippen LogP contribution in [0.15, 0.2) is 24.3 Å². The molecule has 1 aromatic carbocycles. The molecular formula is C16H20N4O2. The summed E-state index contributed by atoms with van der Waals surface area (Å²) in [5, 5.41) is 16.8. The minimum atomic E-state index is 0.331. The normalized spacial score (nSPS) is 10.4. The van der Waals surface area contributed by atoms with Crippen LogP contribution in [0.25, 0.3) is 0 Å². The number of hydrogen-bond acceptors (Lipinski definition) is 5. The zero-order chi connectivity index (χ0) is 15.8. The van der Waals surface area contributed by atoms with Crippen LogP contribution in [0.3, 0.4) is 0 Å². The van der Waals surface area contributed by atoms with Gasteiger partial charge in [0, 0.05) is 13.7 Å². The van der Waals surface area contributed by atoms with Crippen LogP contribution in [0.1, 0.15) is 29.8 Å². The van der Waals surface area contributed by atoms with E-state index < -0.39 is 0 Å². The number of benzene rings is 1. The number of methoxy groups -OCH3 is 1. The van der Waals surface area contributed by atoms with Gasteiger partial charge in [-0.05, 0) is 31.4 Å². The van der Waals surface area contributed by atoms with E-state index in [2.05, 4.69) is 10.3 Å². The molecule has 0 N–H and O–H groups in total. The van der Waals surface area contributed by atoms with Gasteiger partial charge < -0.3 is 9.47 Å². The summed E-state index contributed by atoms with van der Waals surface area (Å²) in [4.78, 5) is 0. The lowest BCUT2D eigenvalue weighted by Crippen LogP contribution is -2.08. The van der Waals surface area contributed by atoms with Gasteiger partial charge in [-0.2, -0.15) is 5.26 Å². The summed E-state index contributed by atoms with van der Waals surface area (Å²) >= 11 is 0. The summed E-state index contributed by atoms with van der Waals surface area (Å²) in [6, 6.07) is 10.0. The molecule has 0 bridgehead atoms. The van der Waals surface area contributed by atoms with Crippen LogP contribution in [0, 0.1) is 18.3 Å². The Balaban J connectivity index is 1.79. The molecule has 1 aromatic heterocycles. The van der Waals surface area contributed by atoms with Crippen molar-refractivity contribution < 1.29 is 9.47 Å². The molecule has 2 aromatic rings. The number of hydrogen-bond donors (Lipinski definition) is 0. The first kappa shape index (κ1) is 16.0. The second kappa shape index (κ2) is 8.15. The minimum absolute atomic E-state index is 0.331. The summed E-state index contributed by atoms with van der Waals surface area (Å²) in [6.07, 6.45) is 1.80. The Labute approximate surface area is 130 Å². The summed E-state index contributed by atoms with van der Waals surface area (Å²) in [7, 11) is 1.59. The van der Waals surface area contributed by atoms with Gasteiger partial charge in [0.05, 0.1) is 13.2 Å². The molecule has 0 atom stereocenters. The molecule has 0 saturated heterocycles. The Morgan fingerprint density at radius 1 is 1.27 bits per heavy atom. The van der Waals surface area contributed by atoms with Crippen LogP contribution >= 0.6 is 0 Å². The lowest BCUT2D eigenvalue weighted by molar-refractivity contribution is 0.175. The lowest BCUT2D eigenvalue weighted by atomic mass is 10.2. The maximum absolute atomic E-state index is 8.98. The molecular weight excluding hydrogens is 280 g/mol. The molecule has 0 aliphatic heterocycles. The van der Waals surface area contributed by atoms with Gasteiger partial charge in [-0.15, -0.1) is 5.10 Å². The molecule has 0 spiro atoms. The molecule has 6 nitrogen and oxygen atoms in total. The molecule has 0 saturated carbocycles. The van der Waals surface area contributed by atoms with Crippen molar-refractivity contribution in [3.05, 3.63) is 41.2 Å². The van der Waals surface area contributed by atoms with Crippen LogP contribution in [0.5, 0.6) is 5.75 Å². The van der Waals surface area contributed by atoms with Gasteiger partial charge in [-0.3, -0.25) is 0 Å². The molecule has 6 heteroatoms. The highest BCUT2D eigenvalue weighted by Crippen LogP contribution is 2.16. The number of para-hydroxylation sites is 1. The highest BCUT2D eigenvalue weighted by atomic mass is 16.5. The largest absolute Gasteiger partial charge is 0.493 e. The van der Waals surface area contributed by atoms with E-state index in [0.717, 1.165) is 29.8 Å². The first-order valence-electron chi connectivity index (χ1n) is 7.26. The van der Waals surface area contributed by atoms with Gasteiger partial charge in [-0.1, -0.05) is 23.4 Å². The van der Waals surface area contributed by atoms with E-state index in [1.54, 1.807) is 11.8 Å². The number of aryl methyl sites for hydroxylation is 2. The van der Waals surface area contributed by atoms with E-state index in [1.165, 1.54) is 0 Å². The first-order valence-corrected chi connectivity index (χ1v) is 7.26. The van der Waals surface area contributed by atoms with E-state index in [4.69, 9.17) is 14.7 Å². The van der Waals surface area contributed by atoms with Gasteiger partial charge in [-0.25, -0.2) is 4.68 Å². The number of ether oxygens (including phenoxy) is 2. The molecule has 0 fully saturated rings. The molecule has 2 rings (SSSR count). The SMILES string of the molecule is COCc1c(C#N)nnn1CCCCOc1ccccc1C. The minimum Gasteiger partial charge on any atom is -0.493 e. The van der Waals surface area contributed by atoms with Crippen molar-refractivity contribution in [1.82, 2.24) is 15.0 Å². The molecule has 0 unspecified atom stereocenters. The van der Waals surface area contributed by atoms with Crippen molar-refractivity contribution in [3.63, 3.8) is 0 Å². The Bertz CT molecular complexity index is 646. The highest BCUT2D eigenvalue weighted by molar-refractivity contribution is 5.31. The van der Waals surface area contributed by atoms with Crippen molar-refractivity contribution in [2.24, 2.45) is 0 Å². The Kier molecular flexibility index (Phi) is 5.92. The van der Waals surface area contributed by atoms with Gasteiger partial charge >= 0.3 is 0 Å². The van der Waals surface area contributed by atoms with Crippen LogP contribution < -0.4 is 4.74 Å². The average Bonchev–Trinajstić information content (AvgIpc) is 2.91. The quantitative estimate of drug-likeness (QED) is 0.700. The maximum atomic E-state index is 8.98. The topological polar surface area (TPSA) is 73.0 Å². The van der Waals surface area contributed by atoms with Crippen molar-refractivity contribution in [2.45, 2.75) is 32.9 Å². The van der Waals surface area contributed by atoms with Crippen molar-refractivity contribution in [2.75, 3.05) is 13.7 Å². The van der Waals surface area contributed by atoms with Crippen LogP contribution in [0.2, 0.25) is 0 Å². The van der Waals surface area contributed by atoms with Crippen LogP contribution in [0.4, 0.5) is 0 Å². The Morgan fingerprint density at radius 2 is 2.09 bits per heavy atom. The van der Waals surface area contributed by atoms with E-state index in [9.17, 15) is 0 Å². The third kappa shape index (κ3) is 4.06. The van der Waals surface area contributed by atoms with Crippen molar-refractivity contribution in [1.29, 1.82) is 5.26 Å². The molecule has 0 amide bonds. The van der Waals surface area contributed by atoms with Crippen molar-refractivity contribution in [3.8, 4) is 11.8 Å². The van der Waals surface area contributed by atoms with Gasteiger partial charge in [0.1, 0.15) is 17.5 Å². The fraction of sp³-hybridized carbons (Fsp3) is 0.438. The summed E-state index contributed by atoms with van der Waals surface area (Å²) < 4.78 is 12.6. The number of nitriles is 1. The molecule has 0 aliphatic rings. The maximum Gasteiger partial charge on any atom is 0.188 e. The standard InChI is InChI=1S/C16H20N4O2/c1-13-7-3-4-8-16(13)22-10-6-5-9-20-15(12-21-2)14(11-17)18-19-20/h3-4,7-8H,5-6,9-10,12H2,1-2H3. The number of aromatic nitrogens is 3. The zero-order valence-electron chi connectivity index (χ0n) is 13.0. The zero-order valence-corrected chi connectivity index (χ0v) is 13.0. The molecule has 1 heterocycles. The second-order valence-electron chi connectivity index (χ2n) is 4.97. The fourth-order valence-corrected chi connectivity index (χ4v) is 2.14. The fourth-order valence-electron chi connectivity index (χ4n) is 2.14. The second-order valence-corrected chi connectivity index (χ2v) is 4.97. The highest BCUT2D eigenvalue weighted by Gasteiger charge is 2.11. The number of unbranched alkanes of at least 4 members (excludes halogenated alkanes) is 1. The first-order chi connectivity index (χ1) is 10.8. The summed E-state index contributed by atoms with van der Waals surface area (Å²) in [5.74, 6) is 0.926. The average molecular weight is 300 g/mol. The van der Waals surface area contributed by atoms with Gasteiger partial charge in [0.25, 0.3) is 0 Å². The molecule has 116 valence electrons. The lowest BCUT2D eigenvalue weighted by Gasteiger charge is -2.09. The monoisotopic (exact) mass is 300 g/mol. The van der Waals surface area contributed by atoms with Gasteiger partial charge in [0.2, 0.25) is 0 Å². The Hall–Kier alpha value is -2.39. The number of rotatable bonds is 8. The molecule has 0 radical (unpaired) electrons. The van der Waals surface area contributed by atoms with E-state index in [0.29, 0.717) is 25.5 Å². The molecule has 22 heavy (non-hydrogen) atoms. The van der Waals surface area contributed by atoms with Gasteiger partial charge in [0.15, 0.2) is 5.69 Å². The third-order valence-electron chi connectivity index (χ3n) is 3.34. The predicted molar refractivity (Wildman–Crippen MR) is 81.4 cm³/mol. The molecule has 0 aliphatic carbocycles. The van der Waals surface area contributed by atoms with E-state index in [-0.39, 0.29) is 0 Å². The van der Waals surface area contributed by atoms with Crippen molar-refractivity contribution >= 4 is 0 Å². The van der Waals surface area contributed by atoms with E-state index in [1.807, 2.05) is 37.3 Å². The third-order valence-corrected chi connectivity index (χ3v) is 3.34. The summed E-state index contributed by atoms with van der Waals surface area (Å²) in [6.45, 7) is 3.73. The smallest absolute Gasteiger partial charge is 0.188 e. The predicted octanol–water partition coefficient (Wildman–Crippen LogP) is 2.46. The van der Waals surface area contributed by atoms with Crippen LogP contribution in [-0.4, -0.2) is 28.7 Å². The number of nitrogens with zero attached hydrogens (tertiary/aromatic N) is 4.